The normalized spacial score (nSPS) is 12.2. The number of rotatable bonds is 5. The molecule has 1 aromatic carbocycles. The van der Waals surface area contributed by atoms with Gasteiger partial charge in [0.25, 0.3) is 5.91 Å². The van der Waals surface area contributed by atoms with Crippen LogP contribution in [-0.4, -0.2) is 17.6 Å². The van der Waals surface area contributed by atoms with Crippen LogP contribution in [0.1, 0.15) is 40.0 Å². The second kappa shape index (κ2) is 6.78. The Morgan fingerprint density at radius 1 is 1.38 bits per heavy atom. The molecule has 1 heterocycles. The molecule has 112 valence electrons. The van der Waals surface area contributed by atoms with Crippen molar-refractivity contribution in [1.29, 1.82) is 0 Å². The molecule has 5 heteroatoms. The molecule has 0 saturated carbocycles. The van der Waals surface area contributed by atoms with Crippen molar-refractivity contribution < 1.29 is 14.3 Å². The smallest absolute Gasteiger partial charge is 0.252 e. The number of aliphatic hydroxyl groups is 1. The zero-order chi connectivity index (χ0) is 15.4. The van der Waals surface area contributed by atoms with Gasteiger partial charge in [0, 0.05) is 12.1 Å². The number of carbonyl (C=O) groups excluding carboxylic acids is 1. The van der Waals surface area contributed by atoms with Gasteiger partial charge < -0.3 is 14.8 Å². The van der Waals surface area contributed by atoms with Crippen molar-refractivity contribution in [3.8, 4) is 0 Å². The molecule has 1 atom stereocenters. The van der Waals surface area contributed by atoms with Crippen LogP contribution in [0.5, 0.6) is 0 Å². The summed E-state index contributed by atoms with van der Waals surface area (Å²) in [6, 6.07) is 8.68. The van der Waals surface area contributed by atoms with Gasteiger partial charge in [-0.15, -0.1) is 0 Å². The lowest BCUT2D eigenvalue weighted by atomic mass is 10.1. The first kappa shape index (κ1) is 15.6. The Bertz CT molecular complexity index is 636. The zero-order valence-corrected chi connectivity index (χ0v) is 12.8. The summed E-state index contributed by atoms with van der Waals surface area (Å²) >= 11 is 5.96. The second-order valence-corrected chi connectivity index (χ2v) is 5.32. The summed E-state index contributed by atoms with van der Waals surface area (Å²) in [5.74, 6) is 1.23. The number of halogens is 1. The Morgan fingerprint density at radius 2 is 2.10 bits per heavy atom. The van der Waals surface area contributed by atoms with Crippen molar-refractivity contribution in [2.75, 3.05) is 6.54 Å². The van der Waals surface area contributed by atoms with Crippen LogP contribution in [0.4, 0.5) is 0 Å². The quantitative estimate of drug-likeness (QED) is 0.890. The number of aliphatic hydroxyl groups excluding tert-OH is 1. The highest BCUT2D eigenvalue weighted by Gasteiger charge is 2.15. The number of carbonyl (C=O) groups is 1. The van der Waals surface area contributed by atoms with E-state index >= 15 is 0 Å². The van der Waals surface area contributed by atoms with Crippen LogP contribution in [-0.2, 0) is 0 Å². The van der Waals surface area contributed by atoms with E-state index in [1.54, 1.807) is 24.3 Å². The zero-order valence-electron chi connectivity index (χ0n) is 12.0. The van der Waals surface area contributed by atoms with E-state index < -0.39 is 6.10 Å². The number of hydrogen-bond acceptors (Lipinski definition) is 3. The van der Waals surface area contributed by atoms with Crippen molar-refractivity contribution in [1.82, 2.24) is 5.32 Å². The summed E-state index contributed by atoms with van der Waals surface area (Å²) in [5, 5.41) is 13.3. The van der Waals surface area contributed by atoms with Gasteiger partial charge in [-0.05, 0) is 38.5 Å². The average molecular weight is 308 g/mol. The van der Waals surface area contributed by atoms with E-state index in [0.717, 1.165) is 11.3 Å². The van der Waals surface area contributed by atoms with Gasteiger partial charge in [-0.3, -0.25) is 4.79 Å². The molecule has 0 spiro atoms. The molecule has 0 aliphatic rings. The van der Waals surface area contributed by atoms with Gasteiger partial charge >= 0.3 is 0 Å². The molecule has 1 amide bonds. The lowest BCUT2D eigenvalue weighted by molar-refractivity contribution is 0.0942. The van der Waals surface area contributed by atoms with E-state index in [2.05, 4.69) is 5.32 Å². The van der Waals surface area contributed by atoms with Crippen LogP contribution in [0.25, 0.3) is 0 Å². The molecule has 0 aliphatic heterocycles. The van der Waals surface area contributed by atoms with Crippen molar-refractivity contribution >= 4 is 17.5 Å². The van der Waals surface area contributed by atoms with Gasteiger partial charge in [-0.25, -0.2) is 0 Å². The Hall–Kier alpha value is -1.78. The first-order chi connectivity index (χ1) is 9.99. The molecule has 1 aromatic heterocycles. The molecule has 0 aliphatic carbocycles. The summed E-state index contributed by atoms with van der Waals surface area (Å²) < 4.78 is 5.38. The Morgan fingerprint density at radius 3 is 2.71 bits per heavy atom. The monoisotopic (exact) mass is 307 g/mol. The number of nitrogens with one attached hydrogen (secondary N) is 1. The van der Waals surface area contributed by atoms with Gasteiger partial charge in [0.1, 0.15) is 11.5 Å². The van der Waals surface area contributed by atoms with E-state index in [1.807, 2.05) is 19.9 Å². The largest absolute Gasteiger partial charge is 0.466 e. The standard InChI is InChI=1S/C16H18ClNO3/c1-10-9-13(11(2)21-10)15(19)7-8-18-16(20)12-5-3-4-6-14(12)17/h3-6,9,15,19H,7-8H2,1-2H3,(H,18,20). The van der Waals surface area contributed by atoms with Gasteiger partial charge in [0.05, 0.1) is 16.7 Å². The van der Waals surface area contributed by atoms with Crippen LogP contribution in [0, 0.1) is 13.8 Å². The molecule has 0 bridgehead atoms. The third-order valence-corrected chi connectivity index (χ3v) is 3.59. The van der Waals surface area contributed by atoms with Crippen LogP contribution >= 0.6 is 11.6 Å². The minimum absolute atomic E-state index is 0.243. The van der Waals surface area contributed by atoms with Crippen LogP contribution in [0.3, 0.4) is 0 Å². The van der Waals surface area contributed by atoms with Crippen molar-refractivity contribution in [3.05, 3.63) is 58.0 Å². The van der Waals surface area contributed by atoms with E-state index in [4.69, 9.17) is 16.0 Å². The van der Waals surface area contributed by atoms with Crippen LogP contribution < -0.4 is 5.32 Å². The Kier molecular flexibility index (Phi) is 5.04. The first-order valence-corrected chi connectivity index (χ1v) is 7.14. The predicted octanol–water partition coefficient (Wildman–Crippen LogP) is 3.40. The molecular weight excluding hydrogens is 290 g/mol. The van der Waals surface area contributed by atoms with E-state index in [9.17, 15) is 9.90 Å². The summed E-state index contributed by atoms with van der Waals surface area (Å²) in [7, 11) is 0. The molecule has 2 rings (SSSR count). The van der Waals surface area contributed by atoms with E-state index in [0.29, 0.717) is 29.3 Å². The molecule has 2 N–H and O–H groups in total. The topological polar surface area (TPSA) is 62.5 Å². The van der Waals surface area contributed by atoms with Crippen LogP contribution in [0.15, 0.2) is 34.7 Å². The molecular formula is C16H18ClNO3. The highest BCUT2D eigenvalue weighted by Crippen LogP contribution is 2.23. The number of amides is 1. The molecule has 1 unspecified atom stereocenters. The Labute approximate surface area is 128 Å². The number of aryl methyl sites for hydroxylation is 2. The molecule has 2 aromatic rings. The first-order valence-electron chi connectivity index (χ1n) is 6.76. The predicted molar refractivity (Wildman–Crippen MR) is 81.5 cm³/mol. The minimum atomic E-state index is -0.658. The molecule has 21 heavy (non-hydrogen) atoms. The number of furan rings is 1. The lowest BCUT2D eigenvalue weighted by Gasteiger charge is -2.11. The third-order valence-electron chi connectivity index (χ3n) is 3.26. The van der Waals surface area contributed by atoms with Crippen molar-refractivity contribution in [2.45, 2.75) is 26.4 Å². The maximum atomic E-state index is 12.0. The molecule has 0 radical (unpaired) electrons. The van der Waals surface area contributed by atoms with E-state index in [1.165, 1.54) is 0 Å². The van der Waals surface area contributed by atoms with Crippen LogP contribution in [0.2, 0.25) is 5.02 Å². The maximum absolute atomic E-state index is 12.0. The van der Waals surface area contributed by atoms with Gasteiger partial charge in [-0.2, -0.15) is 0 Å². The molecule has 0 saturated heterocycles. The summed E-state index contributed by atoms with van der Waals surface area (Å²) in [6.07, 6.45) is -0.246. The number of benzene rings is 1. The highest BCUT2D eigenvalue weighted by molar-refractivity contribution is 6.33. The fourth-order valence-corrected chi connectivity index (χ4v) is 2.42. The highest BCUT2D eigenvalue weighted by atomic mass is 35.5. The average Bonchev–Trinajstić information content (AvgIpc) is 2.78. The van der Waals surface area contributed by atoms with Crippen molar-refractivity contribution in [2.24, 2.45) is 0 Å². The van der Waals surface area contributed by atoms with Crippen molar-refractivity contribution in [3.63, 3.8) is 0 Å². The molecule has 0 fully saturated rings. The summed E-state index contributed by atoms with van der Waals surface area (Å²) in [4.78, 5) is 12.0. The Balaban J connectivity index is 1.88. The van der Waals surface area contributed by atoms with E-state index in [-0.39, 0.29) is 5.91 Å². The SMILES string of the molecule is Cc1cc(C(O)CCNC(=O)c2ccccc2Cl)c(C)o1. The maximum Gasteiger partial charge on any atom is 0.252 e. The third kappa shape index (κ3) is 3.86. The summed E-state index contributed by atoms with van der Waals surface area (Å²) in [6.45, 7) is 4.01. The molecule has 4 nitrogen and oxygen atoms in total. The fourth-order valence-electron chi connectivity index (χ4n) is 2.20. The minimum Gasteiger partial charge on any atom is -0.466 e. The summed E-state index contributed by atoms with van der Waals surface area (Å²) in [5.41, 5.74) is 1.20. The van der Waals surface area contributed by atoms with Gasteiger partial charge in [0.2, 0.25) is 0 Å². The van der Waals surface area contributed by atoms with Gasteiger partial charge in [0.15, 0.2) is 0 Å². The number of hydrogen-bond donors (Lipinski definition) is 2. The lowest BCUT2D eigenvalue weighted by Crippen LogP contribution is -2.25. The second-order valence-electron chi connectivity index (χ2n) is 4.91. The van der Waals surface area contributed by atoms with Gasteiger partial charge in [-0.1, -0.05) is 23.7 Å². The fraction of sp³-hybridized carbons (Fsp3) is 0.312.